The van der Waals surface area contributed by atoms with Crippen LogP contribution in [0.15, 0.2) is 182 Å². The lowest BCUT2D eigenvalue weighted by Crippen LogP contribution is -2.24. The molecule has 12 rings (SSSR count). The van der Waals surface area contributed by atoms with Gasteiger partial charge in [-0.3, -0.25) is 0 Å². The van der Waals surface area contributed by atoms with Gasteiger partial charge < -0.3 is 62.3 Å². The van der Waals surface area contributed by atoms with Crippen LogP contribution in [0.1, 0.15) is 249 Å². The number of hydrogen-bond donors (Lipinski definition) is 2. The van der Waals surface area contributed by atoms with Crippen molar-refractivity contribution >= 4 is 0 Å². The van der Waals surface area contributed by atoms with Crippen molar-refractivity contribution in [1.29, 1.82) is 0 Å². The molecule has 3 unspecified atom stereocenters. The highest BCUT2D eigenvalue weighted by atomic mass is 19.4. The Kier molecular flexibility index (Phi) is 47.3. The third-order valence-corrected chi connectivity index (χ3v) is 20.7. The fraction of sp³-hybridized carbons (Fsp3) is 0.459. The molecule has 21 heteroatoms. The molecule has 13 nitrogen and oxygen atoms in total. The van der Waals surface area contributed by atoms with Crippen LogP contribution in [-0.2, 0) is 34.5 Å². The van der Waals surface area contributed by atoms with E-state index in [1.807, 2.05) is 149 Å². The van der Waals surface area contributed by atoms with Crippen molar-refractivity contribution in [2.45, 2.75) is 285 Å². The molecule has 0 aromatic heterocycles. The van der Waals surface area contributed by atoms with E-state index >= 15 is 0 Å². The van der Waals surface area contributed by atoms with Gasteiger partial charge in [-0.25, -0.2) is 8.78 Å². The molecule has 2 N–H and O–H groups in total. The van der Waals surface area contributed by atoms with Crippen LogP contribution in [-0.4, -0.2) is 94.6 Å². The number of aryl methyl sites for hydroxylation is 11. The lowest BCUT2D eigenvalue weighted by Gasteiger charge is -2.23. The lowest BCUT2D eigenvalue weighted by atomic mass is 9.81. The van der Waals surface area contributed by atoms with Crippen LogP contribution in [0.4, 0.5) is 35.1 Å². The molecular weight excluding hydrogens is 1690 g/mol. The molecule has 2 heterocycles. The Morgan fingerprint density at radius 3 is 1.39 bits per heavy atom. The summed E-state index contributed by atoms with van der Waals surface area (Å²) in [7, 11) is 6.60. The molecule has 0 saturated carbocycles. The Bertz CT molecular complexity index is 5130. The van der Waals surface area contributed by atoms with Gasteiger partial charge in [0.1, 0.15) is 81.5 Å². The van der Waals surface area contributed by atoms with E-state index in [4.69, 9.17) is 57.2 Å². The molecule has 0 spiro atoms. The average Bonchev–Trinajstić information content (AvgIpc) is 1.64. The van der Waals surface area contributed by atoms with Crippen molar-refractivity contribution in [2.75, 3.05) is 54.9 Å². The van der Waals surface area contributed by atoms with Crippen molar-refractivity contribution in [1.82, 2.24) is 0 Å². The molecule has 10 aromatic rings. The van der Waals surface area contributed by atoms with Crippen LogP contribution in [0.2, 0.25) is 0 Å². The van der Waals surface area contributed by atoms with E-state index in [1.54, 1.807) is 107 Å². The second-order valence-corrected chi connectivity index (χ2v) is 36.6. The van der Waals surface area contributed by atoms with E-state index in [0.717, 1.165) is 93.0 Å². The number of methoxy groups -OCH3 is 4. The first-order chi connectivity index (χ1) is 61.4. The standard InChI is InChI=1S/C12H17F.2C11H13F3O.C11H15FO.4C11H16O2.2C11H14O/c1-5-12(3,4)10-7-6-9(2)8-11(10)13;1-7(2)15-10-5-4-8(3)6-9(10)11(12,13)14;1-3-6-15-10-5-4-8(2)7-9(10)11(12,13)14;1-8-5-6-9(7-10(8)12)13-11(2,3)4;1-8-5-6-9(11(2,3)12)10(7-8)13-4;1-8(2)13-10-6-5-9(3)7-11(10)12-4;1-8-4-5-10(9(2)7-12)11(6-8)13-3;1-9-4-5-11(10(2)8-9)13-7-6-12-3;1-8-4-5-9-7-11(2,3)12-10(9)6-8;1-7-5-4-6-10-8(2)9(3)12-11(7)10/h6-8H,5H2,1-4H3;4-7H,1-3H3;4-5,7H,3,6H2,1-2H3;5-7H,1-4H3;5-7,12H,1-4H3;5-8H,1-4H3;4-6,9,12H,7H2,1-3H3;4-5,8H,6-7H2,1-3H3;4-6H,7H2,1-3H3;4-6,8-9H,1-3H3. The summed E-state index contributed by atoms with van der Waals surface area (Å²) in [5.74, 6) is 7.10. The molecule has 2 aliphatic heterocycles. The molecule has 0 saturated heterocycles. The Morgan fingerprint density at radius 2 is 0.909 bits per heavy atom. The van der Waals surface area contributed by atoms with Gasteiger partial charge in [-0.15, -0.1) is 0 Å². The Labute approximate surface area is 784 Å². The third kappa shape index (κ3) is 40.5. The maximum Gasteiger partial charge on any atom is 0.419 e. The van der Waals surface area contributed by atoms with E-state index < -0.39 is 29.1 Å². The summed E-state index contributed by atoms with van der Waals surface area (Å²) >= 11 is 0. The van der Waals surface area contributed by atoms with Crippen molar-refractivity contribution in [3.8, 4) is 57.5 Å². The molecule has 0 bridgehead atoms. The fourth-order valence-electron chi connectivity index (χ4n) is 13.2. The number of aliphatic hydroxyl groups excluding tert-OH is 1. The summed E-state index contributed by atoms with van der Waals surface area (Å²) in [4.78, 5) is 0. The summed E-state index contributed by atoms with van der Waals surface area (Å²) < 4.78 is 161. The number of aliphatic hydroxyl groups is 2. The highest BCUT2D eigenvalue weighted by Gasteiger charge is 2.37. The van der Waals surface area contributed by atoms with Crippen molar-refractivity contribution in [3.63, 3.8) is 0 Å². The van der Waals surface area contributed by atoms with Crippen LogP contribution in [0.5, 0.6) is 57.5 Å². The second-order valence-electron chi connectivity index (χ2n) is 36.6. The van der Waals surface area contributed by atoms with Gasteiger partial charge in [-0.05, 0) is 311 Å². The van der Waals surface area contributed by atoms with Gasteiger partial charge >= 0.3 is 12.4 Å². The summed E-state index contributed by atoms with van der Waals surface area (Å²) in [6, 6.07) is 55.2. The van der Waals surface area contributed by atoms with Gasteiger partial charge in [0.05, 0.1) is 63.5 Å². The number of para-hydroxylation sites is 1. The topological polar surface area (TPSA) is 142 Å². The summed E-state index contributed by atoms with van der Waals surface area (Å²) in [6.45, 7) is 58.3. The van der Waals surface area contributed by atoms with Crippen LogP contribution >= 0.6 is 0 Å². The van der Waals surface area contributed by atoms with E-state index in [2.05, 4.69) is 125 Å². The number of rotatable bonds is 20. The molecule has 0 fully saturated rings. The van der Waals surface area contributed by atoms with Crippen LogP contribution in [0.3, 0.4) is 0 Å². The highest BCUT2D eigenvalue weighted by Crippen LogP contribution is 2.43. The Hall–Kier alpha value is -10.5. The number of ether oxygens (including phenoxy) is 11. The van der Waals surface area contributed by atoms with E-state index in [0.29, 0.717) is 60.7 Å². The number of fused-ring (bicyclic) bond motifs is 2. The monoisotopic (exact) mass is 1840 g/mol. The molecule has 0 radical (unpaired) electrons. The SMILES string of the molecule is CCC(C)(C)c1ccc(C)cc1F.CCCOc1ccc(C)cc1C(F)(F)F.COCCOc1ccc(C)cc1C.COc1cc(C)ccc1C(C)(C)O.COc1cc(C)ccc1C(C)CO.COc1cc(C)ccc1OC(C)C.Cc1ccc(OC(C)(C)C)cc1F.Cc1ccc(OC(C)C)c(C(F)(F)F)c1.Cc1ccc2c(c1)OC(C)(C)C2.Cc1cccc2c1OC(C)C2C. The summed E-state index contributed by atoms with van der Waals surface area (Å²) in [5.41, 5.74) is 14.0. The Morgan fingerprint density at radius 1 is 0.447 bits per heavy atom. The van der Waals surface area contributed by atoms with Crippen molar-refractivity contribution in [2.24, 2.45) is 0 Å². The zero-order chi connectivity index (χ0) is 100. The van der Waals surface area contributed by atoms with Crippen LogP contribution < -0.4 is 47.4 Å². The number of halogens is 8. The predicted octanol–water partition coefficient (Wildman–Crippen LogP) is 29.8. The van der Waals surface area contributed by atoms with Crippen molar-refractivity contribution in [3.05, 3.63) is 294 Å². The smallest absolute Gasteiger partial charge is 0.419 e. The minimum absolute atomic E-state index is 0.00384. The van der Waals surface area contributed by atoms with Gasteiger partial charge in [0.15, 0.2) is 11.5 Å². The van der Waals surface area contributed by atoms with E-state index in [9.17, 15) is 40.2 Å². The predicted molar refractivity (Wildman–Crippen MR) is 522 cm³/mol. The molecule has 2 aliphatic rings. The zero-order valence-corrected chi connectivity index (χ0v) is 84.6. The summed E-state index contributed by atoms with van der Waals surface area (Å²) in [6.07, 6.45) is -5.81. The first-order valence-electron chi connectivity index (χ1n) is 44.9. The maximum absolute atomic E-state index is 13.5. The van der Waals surface area contributed by atoms with Crippen LogP contribution in [0.25, 0.3) is 0 Å². The molecule has 3 atom stereocenters. The van der Waals surface area contributed by atoms with Gasteiger partial charge in [0, 0.05) is 49.2 Å². The van der Waals surface area contributed by atoms with Gasteiger partial charge in [0.25, 0.3) is 0 Å². The van der Waals surface area contributed by atoms with Crippen molar-refractivity contribution < 1.29 is 97.4 Å². The Balaban J connectivity index is 0.000000378. The zero-order valence-electron chi connectivity index (χ0n) is 84.6. The van der Waals surface area contributed by atoms with Gasteiger partial charge in [-0.1, -0.05) is 161 Å². The van der Waals surface area contributed by atoms with Gasteiger partial charge in [0.2, 0.25) is 0 Å². The lowest BCUT2D eigenvalue weighted by molar-refractivity contribution is -0.140. The molecule has 0 aliphatic carbocycles. The van der Waals surface area contributed by atoms with E-state index in [1.165, 1.54) is 62.7 Å². The number of benzene rings is 10. The van der Waals surface area contributed by atoms with E-state index in [-0.39, 0.29) is 64.5 Å². The molecule has 132 heavy (non-hydrogen) atoms. The summed E-state index contributed by atoms with van der Waals surface area (Å²) in [5, 5.41) is 18.8. The number of hydrogen-bond acceptors (Lipinski definition) is 13. The number of alkyl halides is 6. The molecule has 0 amide bonds. The normalized spacial score (nSPS) is 13.4. The molecule has 10 aromatic carbocycles. The minimum Gasteiger partial charge on any atom is -0.496 e. The minimum atomic E-state index is -4.36. The fourth-order valence-corrected chi connectivity index (χ4v) is 13.2. The quantitative estimate of drug-likeness (QED) is 0.0553. The maximum atomic E-state index is 13.5. The average molecular weight is 1840 g/mol. The first kappa shape index (κ1) is 116. The van der Waals surface area contributed by atoms with Crippen LogP contribution in [0, 0.1) is 87.8 Å². The van der Waals surface area contributed by atoms with Gasteiger partial charge in [-0.2, -0.15) is 26.3 Å². The third-order valence-electron chi connectivity index (χ3n) is 20.7. The second kappa shape index (κ2) is 54.0. The molecular formula is C111H150F8O13. The highest BCUT2D eigenvalue weighted by molar-refractivity contribution is 5.48. The molecule has 728 valence electrons. The first-order valence-corrected chi connectivity index (χ1v) is 44.9. The largest absolute Gasteiger partial charge is 0.496 e.